The number of aryl methyl sites for hydroxylation is 3. The van der Waals surface area contributed by atoms with Crippen molar-refractivity contribution in [1.29, 1.82) is 0 Å². The topological polar surface area (TPSA) is 140 Å². The number of carbonyl (C=O) groups is 3. The molecule has 9 heteroatoms. The Kier molecular flexibility index (Phi) is 14.6. The van der Waals surface area contributed by atoms with Gasteiger partial charge in [0, 0.05) is 35.3 Å². The maximum atomic E-state index is 12.2. The first-order chi connectivity index (χ1) is 37.0. The zero-order valence-electron chi connectivity index (χ0n) is 48.7. The normalized spacial score (nSPS) is 22.6. The number of rotatable bonds is 15. The largest absolute Gasteiger partial charge is 0.477 e. The van der Waals surface area contributed by atoms with E-state index in [4.69, 9.17) is 4.74 Å². The fourth-order valence-electron chi connectivity index (χ4n) is 13.6. The van der Waals surface area contributed by atoms with Gasteiger partial charge in [-0.15, -0.1) is 0 Å². The molecule has 0 fully saturated rings. The Morgan fingerprint density at radius 3 is 1.05 bits per heavy atom. The van der Waals surface area contributed by atoms with E-state index in [9.17, 15) is 24.6 Å². The lowest BCUT2D eigenvalue weighted by molar-refractivity contribution is 0.0592. The third-order valence-corrected chi connectivity index (χ3v) is 19.6. The Morgan fingerprint density at radius 1 is 0.443 bits per heavy atom. The maximum absolute atomic E-state index is 12.2. The van der Waals surface area contributed by atoms with Crippen LogP contribution < -0.4 is 0 Å². The molecule has 9 rings (SSSR count). The molecule has 3 aromatic heterocycles. The summed E-state index contributed by atoms with van der Waals surface area (Å²) in [6.45, 7) is 39.7. The van der Waals surface area contributed by atoms with E-state index >= 15 is 0 Å². The molecular formula is C70H79N3O6. The number of ether oxygens (including phenoxy) is 1. The minimum absolute atomic E-state index is 0.00217. The molecule has 2 N–H and O–H groups in total. The standard InChI is InChI=1S/C70H79N3O6/c1-41-32-53-57(36-51(41)45(5)47-16-19-59(62(74)75)71-38-47)68(12,25-22-65(53,7)8)27-28-69(13)29-31-70(14,58-37-52(43(3)34-56(58)69)46(6)48-17-20-60(63(76)77)72-39-48)30-26-67(11)24-23-66(9,10)54-35-50(42(2)33-55(54)67)44(4)49-18-21-61(73-40-49)64(78)79-15/h16-21,32-40H,4-6,22-31H2,1-3,7-15H3,(H,74,75)(H,76,77). The number of hydrogen-bond donors (Lipinski definition) is 2. The highest BCUT2D eigenvalue weighted by atomic mass is 16.5. The molecule has 3 aliphatic carbocycles. The number of carboxylic acids is 2. The van der Waals surface area contributed by atoms with Crippen LogP contribution in [-0.2, 0) is 37.2 Å². The Hall–Kier alpha value is -7.26. The summed E-state index contributed by atoms with van der Waals surface area (Å²) in [5.41, 5.74) is 19.7. The summed E-state index contributed by atoms with van der Waals surface area (Å²) in [5.74, 6) is -2.58. The average Bonchev–Trinajstić information content (AvgIpc) is 3.55. The van der Waals surface area contributed by atoms with E-state index in [-0.39, 0.29) is 49.6 Å². The van der Waals surface area contributed by atoms with E-state index in [1.54, 1.807) is 36.8 Å². The van der Waals surface area contributed by atoms with Crippen molar-refractivity contribution in [1.82, 2.24) is 15.0 Å². The van der Waals surface area contributed by atoms with Gasteiger partial charge in [-0.1, -0.05) is 130 Å². The van der Waals surface area contributed by atoms with Crippen LogP contribution in [0.25, 0.3) is 16.7 Å². The summed E-state index contributed by atoms with van der Waals surface area (Å²) in [4.78, 5) is 48.6. The zero-order valence-corrected chi connectivity index (χ0v) is 48.7. The Morgan fingerprint density at radius 2 is 0.722 bits per heavy atom. The summed E-state index contributed by atoms with van der Waals surface area (Å²) in [7, 11) is 1.36. The number of fused-ring (bicyclic) bond motifs is 3. The van der Waals surface area contributed by atoms with Gasteiger partial charge in [0.15, 0.2) is 0 Å². The molecule has 0 amide bonds. The van der Waals surface area contributed by atoms with Crippen LogP contribution in [0, 0.1) is 20.8 Å². The van der Waals surface area contributed by atoms with Gasteiger partial charge in [-0.05, 0) is 219 Å². The smallest absolute Gasteiger partial charge is 0.356 e. The van der Waals surface area contributed by atoms with Crippen molar-refractivity contribution in [2.45, 2.75) is 173 Å². The summed E-state index contributed by atoms with van der Waals surface area (Å²) in [6.07, 6.45) is 15.3. The quantitative estimate of drug-likeness (QED) is 0.0962. The number of pyridine rings is 3. The SMILES string of the molecule is C=C(c1ccc(C(=O)OC)nc1)c1cc2c(cc1C)C(C)(CCC1(C)CCC(C)(CCC3(C)CCC(C)(C)c4cc(C)c(C(=C)c5ccc(C(=O)O)nc5)cc43)c3cc(C)c(C(=C)c4ccc(C(=O)O)nc4)cc31)CCC2(C)C. The van der Waals surface area contributed by atoms with Gasteiger partial charge in [0.25, 0.3) is 0 Å². The lowest BCUT2D eigenvalue weighted by Crippen LogP contribution is -2.42. The Labute approximate surface area is 468 Å². The molecule has 0 radical (unpaired) electrons. The lowest BCUT2D eigenvalue weighted by atomic mass is 9.54. The molecule has 4 unspecified atom stereocenters. The van der Waals surface area contributed by atoms with Gasteiger partial charge < -0.3 is 14.9 Å². The second-order valence-electron chi connectivity index (χ2n) is 26.0. The van der Waals surface area contributed by atoms with Crippen LogP contribution in [0.3, 0.4) is 0 Å². The Balaban J connectivity index is 1.07. The molecule has 3 aliphatic rings. The average molecular weight is 1060 g/mol. The van der Waals surface area contributed by atoms with E-state index in [2.05, 4.69) is 147 Å². The zero-order chi connectivity index (χ0) is 57.4. The predicted molar refractivity (Wildman–Crippen MR) is 318 cm³/mol. The number of carbonyl (C=O) groups excluding carboxylic acids is 1. The molecule has 0 aliphatic heterocycles. The van der Waals surface area contributed by atoms with Crippen LogP contribution >= 0.6 is 0 Å². The van der Waals surface area contributed by atoms with Gasteiger partial charge in [-0.3, -0.25) is 0 Å². The molecule has 3 aromatic carbocycles. The van der Waals surface area contributed by atoms with Crippen LogP contribution in [0.15, 0.2) is 111 Å². The molecule has 0 bridgehead atoms. The summed E-state index contributed by atoms with van der Waals surface area (Å²) in [6, 6.07) is 24.8. The summed E-state index contributed by atoms with van der Waals surface area (Å²) < 4.78 is 4.90. The minimum Gasteiger partial charge on any atom is -0.477 e. The van der Waals surface area contributed by atoms with Crippen molar-refractivity contribution in [3.8, 4) is 0 Å². The molecule has 6 aromatic rings. The van der Waals surface area contributed by atoms with E-state index in [0.29, 0.717) is 0 Å². The van der Waals surface area contributed by atoms with Crippen LogP contribution in [-0.4, -0.2) is 50.2 Å². The fraction of sp³-hybridized carbons (Fsp3) is 0.400. The predicted octanol–water partition coefficient (Wildman–Crippen LogP) is 16.1. The van der Waals surface area contributed by atoms with Crippen molar-refractivity contribution < 1.29 is 29.3 Å². The van der Waals surface area contributed by atoms with Crippen molar-refractivity contribution in [2.75, 3.05) is 7.11 Å². The fourth-order valence-corrected chi connectivity index (χ4v) is 13.6. The van der Waals surface area contributed by atoms with Crippen LogP contribution in [0.5, 0.6) is 0 Å². The van der Waals surface area contributed by atoms with E-state index in [1.165, 1.54) is 40.5 Å². The van der Waals surface area contributed by atoms with E-state index in [1.807, 2.05) is 18.2 Å². The van der Waals surface area contributed by atoms with Crippen LogP contribution in [0.4, 0.5) is 0 Å². The first-order valence-corrected chi connectivity index (χ1v) is 28.0. The van der Waals surface area contributed by atoms with E-state index in [0.717, 1.165) is 131 Å². The molecule has 0 saturated carbocycles. The monoisotopic (exact) mass is 1060 g/mol. The van der Waals surface area contributed by atoms with Crippen LogP contribution in [0.1, 0.15) is 235 Å². The van der Waals surface area contributed by atoms with Gasteiger partial charge in [-0.2, -0.15) is 0 Å². The maximum Gasteiger partial charge on any atom is 0.356 e. The second kappa shape index (κ2) is 20.4. The number of hydrogen-bond acceptors (Lipinski definition) is 7. The highest BCUT2D eigenvalue weighted by Gasteiger charge is 2.48. The number of carboxylic acid groups (broad SMARTS) is 2. The third kappa shape index (κ3) is 10.3. The molecule has 0 saturated heterocycles. The van der Waals surface area contributed by atoms with Crippen molar-refractivity contribution >= 4 is 34.6 Å². The number of nitrogens with zero attached hydrogens (tertiary/aromatic N) is 3. The first kappa shape index (κ1) is 56.5. The lowest BCUT2D eigenvalue weighted by Gasteiger charge is -2.50. The molecule has 79 heavy (non-hydrogen) atoms. The second-order valence-corrected chi connectivity index (χ2v) is 26.0. The molecule has 4 atom stereocenters. The van der Waals surface area contributed by atoms with Gasteiger partial charge in [0.2, 0.25) is 0 Å². The third-order valence-electron chi connectivity index (χ3n) is 19.6. The van der Waals surface area contributed by atoms with Gasteiger partial charge in [0.1, 0.15) is 17.1 Å². The van der Waals surface area contributed by atoms with Crippen molar-refractivity contribution in [3.63, 3.8) is 0 Å². The van der Waals surface area contributed by atoms with Crippen LogP contribution in [0.2, 0.25) is 0 Å². The highest BCUT2D eigenvalue weighted by molar-refractivity contribution is 5.89. The van der Waals surface area contributed by atoms with Gasteiger partial charge in [0.05, 0.1) is 7.11 Å². The van der Waals surface area contributed by atoms with Gasteiger partial charge >= 0.3 is 17.9 Å². The molecule has 410 valence electrons. The van der Waals surface area contributed by atoms with Gasteiger partial charge in [-0.25, -0.2) is 29.3 Å². The summed E-state index contributed by atoms with van der Waals surface area (Å²) >= 11 is 0. The number of aromatic nitrogens is 3. The minimum atomic E-state index is -1.06. The Bertz CT molecular complexity index is 3490. The summed E-state index contributed by atoms with van der Waals surface area (Å²) in [5, 5.41) is 19.2. The van der Waals surface area contributed by atoms with Crippen molar-refractivity contribution in [2.24, 2.45) is 0 Å². The molecule has 0 spiro atoms. The number of benzene rings is 3. The molecule has 3 heterocycles. The van der Waals surface area contributed by atoms with Crippen molar-refractivity contribution in [3.05, 3.63) is 212 Å². The molecule has 9 nitrogen and oxygen atoms in total. The van der Waals surface area contributed by atoms with E-state index < -0.39 is 17.9 Å². The molecular weight excluding hydrogens is 979 g/mol. The number of aromatic carboxylic acids is 2. The number of methoxy groups -OCH3 is 1. The highest BCUT2D eigenvalue weighted by Crippen LogP contribution is 2.57. The number of esters is 1. The first-order valence-electron chi connectivity index (χ1n) is 28.0.